The average molecular weight is 239 g/mol. The fraction of sp³-hybridized carbons (Fsp3) is 0.818. The molecule has 5 heteroatoms. The van der Waals surface area contributed by atoms with Crippen LogP contribution in [0.4, 0.5) is 13.2 Å². The first-order valence-electron chi connectivity index (χ1n) is 5.30. The Morgan fingerprint density at radius 1 is 1.31 bits per heavy atom. The molecule has 0 saturated heterocycles. The zero-order valence-electron chi connectivity index (χ0n) is 9.92. The van der Waals surface area contributed by atoms with Crippen molar-refractivity contribution in [1.82, 2.24) is 0 Å². The van der Waals surface area contributed by atoms with Gasteiger partial charge in [0.05, 0.1) is 6.10 Å². The predicted molar refractivity (Wildman–Crippen MR) is 57.7 cm³/mol. The molecule has 2 nitrogen and oxygen atoms in total. The molecule has 0 radical (unpaired) electrons. The average Bonchev–Trinajstić information content (AvgIpc) is 2.14. The van der Waals surface area contributed by atoms with Crippen molar-refractivity contribution >= 4 is 0 Å². The molecule has 96 valence electrons. The largest absolute Gasteiger partial charge is 0.522 e. The molecule has 0 fully saturated rings. The van der Waals surface area contributed by atoms with Crippen LogP contribution in [0, 0.1) is 17.8 Å². The maximum Gasteiger partial charge on any atom is 0.522 e. The van der Waals surface area contributed by atoms with Gasteiger partial charge in [-0.15, -0.1) is 19.8 Å². The van der Waals surface area contributed by atoms with Gasteiger partial charge < -0.3 is 5.73 Å². The van der Waals surface area contributed by atoms with Gasteiger partial charge in [-0.2, -0.15) is 0 Å². The highest BCUT2D eigenvalue weighted by Gasteiger charge is 2.37. The van der Waals surface area contributed by atoms with Crippen molar-refractivity contribution in [2.24, 2.45) is 23.5 Å². The second-order valence-electron chi connectivity index (χ2n) is 4.25. The van der Waals surface area contributed by atoms with Crippen LogP contribution in [0.15, 0.2) is 12.7 Å². The third kappa shape index (κ3) is 4.99. The van der Waals surface area contributed by atoms with E-state index in [-0.39, 0.29) is 18.4 Å². The van der Waals surface area contributed by atoms with Gasteiger partial charge in [0.2, 0.25) is 0 Å². The summed E-state index contributed by atoms with van der Waals surface area (Å²) in [6.07, 6.45) is -4.22. The monoisotopic (exact) mass is 239 g/mol. The van der Waals surface area contributed by atoms with Crippen molar-refractivity contribution in [1.29, 1.82) is 0 Å². The van der Waals surface area contributed by atoms with Crippen molar-refractivity contribution in [3.05, 3.63) is 12.7 Å². The highest BCUT2D eigenvalue weighted by molar-refractivity contribution is 4.90. The van der Waals surface area contributed by atoms with Gasteiger partial charge in [0.1, 0.15) is 0 Å². The molecule has 16 heavy (non-hydrogen) atoms. The summed E-state index contributed by atoms with van der Waals surface area (Å²) in [5.74, 6) is -0.117. The lowest BCUT2D eigenvalue weighted by Crippen LogP contribution is -2.39. The summed E-state index contributed by atoms with van der Waals surface area (Å²) in [5.41, 5.74) is 5.32. The molecule has 0 aromatic heterocycles. The van der Waals surface area contributed by atoms with Crippen LogP contribution in [-0.4, -0.2) is 19.0 Å². The van der Waals surface area contributed by atoms with Crippen LogP contribution in [-0.2, 0) is 4.74 Å². The quantitative estimate of drug-likeness (QED) is 0.723. The molecule has 0 aromatic rings. The molecule has 2 N–H and O–H groups in total. The fourth-order valence-electron chi connectivity index (χ4n) is 1.60. The molecule has 0 heterocycles. The van der Waals surface area contributed by atoms with E-state index < -0.39 is 18.4 Å². The summed E-state index contributed by atoms with van der Waals surface area (Å²) in [4.78, 5) is 0. The Morgan fingerprint density at radius 2 is 1.81 bits per heavy atom. The molecule has 0 aromatic carbocycles. The van der Waals surface area contributed by atoms with Crippen LogP contribution in [0.5, 0.6) is 0 Å². The number of alkyl halides is 3. The van der Waals surface area contributed by atoms with E-state index in [1.165, 1.54) is 6.08 Å². The SMILES string of the molecule is C=C[C@H](C(CN)OC(F)(F)F)[C@H](C)C(C)C. The Morgan fingerprint density at radius 3 is 2.06 bits per heavy atom. The lowest BCUT2D eigenvalue weighted by atomic mass is 9.81. The van der Waals surface area contributed by atoms with Crippen molar-refractivity contribution in [2.75, 3.05) is 6.54 Å². The third-order valence-corrected chi connectivity index (χ3v) is 2.88. The second-order valence-corrected chi connectivity index (χ2v) is 4.25. The lowest BCUT2D eigenvalue weighted by Gasteiger charge is -2.31. The minimum atomic E-state index is -4.65. The Balaban J connectivity index is 4.69. The first-order valence-corrected chi connectivity index (χ1v) is 5.30. The number of nitrogens with two attached hydrogens (primary N) is 1. The maximum absolute atomic E-state index is 12.1. The molecule has 0 aliphatic rings. The summed E-state index contributed by atoms with van der Waals surface area (Å²) in [6.45, 7) is 9.16. The minimum Gasteiger partial charge on any atom is -0.328 e. The summed E-state index contributed by atoms with van der Waals surface area (Å²) in [5, 5.41) is 0. The Kier molecular flexibility index (Phi) is 6.04. The molecular weight excluding hydrogens is 219 g/mol. The zero-order valence-corrected chi connectivity index (χ0v) is 9.92. The van der Waals surface area contributed by atoms with Crippen LogP contribution in [0.2, 0.25) is 0 Å². The molecule has 0 amide bonds. The number of ether oxygens (including phenoxy) is 1. The summed E-state index contributed by atoms with van der Waals surface area (Å²) < 4.78 is 40.4. The van der Waals surface area contributed by atoms with E-state index in [0.717, 1.165) is 0 Å². The first kappa shape index (κ1) is 15.4. The van der Waals surface area contributed by atoms with Crippen LogP contribution < -0.4 is 5.73 Å². The standard InChI is InChI=1S/C11H20F3NO/c1-5-9(8(4)7(2)3)10(6-15)16-11(12,13)14/h5,7-10H,1,6,15H2,2-4H3/t8-,9+,10?/m1/s1. The van der Waals surface area contributed by atoms with E-state index >= 15 is 0 Å². The van der Waals surface area contributed by atoms with Crippen molar-refractivity contribution < 1.29 is 17.9 Å². The van der Waals surface area contributed by atoms with Crippen LogP contribution in [0.25, 0.3) is 0 Å². The number of rotatable bonds is 6. The van der Waals surface area contributed by atoms with Gasteiger partial charge in [-0.25, -0.2) is 0 Å². The van der Waals surface area contributed by atoms with Crippen LogP contribution in [0.3, 0.4) is 0 Å². The van der Waals surface area contributed by atoms with Crippen molar-refractivity contribution in [2.45, 2.75) is 33.2 Å². The molecule has 0 aliphatic heterocycles. The number of hydrogen-bond donors (Lipinski definition) is 1. The van der Waals surface area contributed by atoms with Crippen LogP contribution >= 0.6 is 0 Å². The van der Waals surface area contributed by atoms with E-state index in [0.29, 0.717) is 0 Å². The van der Waals surface area contributed by atoms with Gasteiger partial charge in [0.15, 0.2) is 0 Å². The van der Waals surface area contributed by atoms with Gasteiger partial charge in [-0.05, 0) is 11.8 Å². The van der Waals surface area contributed by atoms with Crippen molar-refractivity contribution in [3.63, 3.8) is 0 Å². The molecule has 0 spiro atoms. The molecular formula is C11H20F3NO. The second kappa shape index (κ2) is 6.25. The van der Waals surface area contributed by atoms with E-state index in [4.69, 9.17) is 5.73 Å². The predicted octanol–water partition coefficient (Wildman–Crippen LogP) is 2.94. The Bertz CT molecular complexity index is 216. The Hall–Kier alpha value is -0.550. The molecule has 0 rings (SSSR count). The van der Waals surface area contributed by atoms with Crippen molar-refractivity contribution in [3.8, 4) is 0 Å². The summed E-state index contributed by atoms with van der Waals surface area (Å²) in [7, 11) is 0. The fourth-order valence-corrected chi connectivity index (χ4v) is 1.60. The van der Waals surface area contributed by atoms with E-state index in [1.807, 2.05) is 20.8 Å². The molecule has 0 saturated carbocycles. The summed E-state index contributed by atoms with van der Waals surface area (Å²) in [6, 6.07) is 0. The lowest BCUT2D eigenvalue weighted by molar-refractivity contribution is -0.346. The van der Waals surface area contributed by atoms with Gasteiger partial charge >= 0.3 is 6.36 Å². The first-order chi connectivity index (χ1) is 7.22. The maximum atomic E-state index is 12.1. The number of hydrogen-bond acceptors (Lipinski definition) is 2. The van der Waals surface area contributed by atoms with Gasteiger partial charge in [0.25, 0.3) is 0 Å². The van der Waals surface area contributed by atoms with Gasteiger partial charge in [-0.3, -0.25) is 4.74 Å². The van der Waals surface area contributed by atoms with Gasteiger partial charge in [-0.1, -0.05) is 26.8 Å². The minimum absolute atomic E-state index is 0.0356. The topological polar surface area (TPSA) is 35.2 Å². The molecule has 0 aliphatic carbocycles. The number of halogens is 3. The van der Waals surface area contributed by atoms with E-state index in [2.05, 4.69) is 11.3 Å². The van der Waals surface area contributed by atoms with E-state index in [9.17, 15) is 13.2 Å². The molecule has 0 bridgehead atoms. The van der Waals surface area contributed by atoms with E-state index in [1.54, 1.807) is 0 Å². The third-order valence-electron chi connectivity index (χ3n) is 2.88. The Labute approximate surface area is 94.6 Å². The highest BCUT2D eigenvalue weighted by atomic mass is 19.4. The highest BCUT2D eigenvalue weighted by Crippen LogP contribution is 2.29. The molecule has 1 unspecified atom stereocenters. The smallest absolute Gasteiger partial charge is 0.328 e. The normalized spacial score (nSPS) is 18.2. The zero-order chi connectivity index (χ0) is 12.9. The van der Waals surface area contributed by atoms with Gasteiger partial charge in [0, 0.05) is 12.5 Å². The molecule has 3 atom stereocenters. The summed E-state index contributed by atoms with van der Waals surface area (Å²) >= 11 is 0. The van der Waals surface area contributed by atoms with Crippen LogP contribution in [0.1, 0.15) is 20.8 Å².